The van der Waals surface area contributed by atoms with Crippen LogP contribution in [0.15, 0.2) is 95.0 Å². The lowest BCUT2D eigenvalue weighted by molar-refractivity contribution is -0.140. The number of nitrogens with zero attached hydrogens (tertiary/aromatic N) is 5. The second-order valence-corrected chi connectivity index (χ2v) is 15.5. The van der Waals surface area contributed by atoms with Gasteiger partial charge in [0.15, 0.2) is 0 Å². The monoisotopic (exact) mass is 1300 g/mol. The van der Waals surface area contributed by atoms with Crippen LogP contribution >= 0.6 is 114 Å². The van der Waals surface area contributed by atoms with Gasteiger partial charge in [-0.25, -0.2) is 18.4 Å². The van der Waals surface area contributed by atoms with Crippen LogP contribution in [0.1, 0.15) is 38.8 Å². The molecule has 4 heterocycles. The van der Waals surface area contributed by atoms with E-state index in [0.717, 1.165) is 21.3 Å². The summed E-state index contributed by atoms with van der Waals surface area (Å²) in [6.07, 6.45) is -4.26. The lowest BCUT2D eigenvalue weighted by Gasteiger charge is -2.12. The fraction of sp³-hybridized carbons (Fsp3) is 0.282. The van der Waals surface area contributed by atoms with E-state index in [-0.39, 0.29) is 33.8 Å². The van der Waals surface area contributed by atoms with Crippen LogP contribution in [0.2, 0.25) is 10.0 Å². The third-order valence-electron chi connectivity index (χ3n) is 6.82. The van der Waals surface area contributed by atoms with Gasteiger partial charge in [-0.2, -0.15) is 26.3 Å². The Morgan fingerprint density at radius 2 is 1.05 bits per heavy atom. The zero-order chi connectivity index (χ0) is 48.0. The Hall–Kier alpha value is -2.45. The molecule has 342 valence electrons. The number of alkyl halides is 11. The predicted molar refractivity (Wildman–Crippen MR) is 261 cm³/mol. The van der Waals surface area contributed by atoms with Crippen molar-refractivity contribution in [2.75, 3.05) is 19.1 Å². The number of rotatable bonds is 4. The molecule has 6 aromatic rings. The molecular weight excluding hydrogens is 1260 g/mol. The highest BCUT2D eigenvalue weighted by molar-refractivity contribution is 14.1. The number of H-pyrrole nitrogens is 1. The third kappa shape index (κ3) is 18.2. The molecule has 1 N–H and O–H groups in total. The zero-order valence-corrected chi connectivity index (χ0v) is 42.9. The molecule has 23 heteroatoms. The summed E-state index contributed by atoms with van der Waals surface area (Å²) in [5.41, 5.74) is -3.48. The van der Waals surface area contributed by atoms with Crippen molar-refractivity contribution in [3.05, 3.63) is 139 Å². The standard InChI is InChI=1S/C16H10ClF4N3O.C15H8ClF4N3O.2C2H5I.C2H6.CH2Cl2.CH3I/c1-23-8-14(13-6-9(17)4-5-22-13)24(15(23)25)10-2-3-12(18)11(7-10)16(19,20)21;16-8-3-4-21-12(5-8)13-7-22-14(24)23(13)9-1-2-11(17)10(6-9)15(18,19)20;2*1-2-3;1-2;2-1-3;1-2/h2-8H,1H3;1-7H,(H,22,24);2*2H2,1H3;1-2H3;1H2;1H3. The maximum atomic E-state index is 13.5. The van der Waals surface area contributed by atoms with E-state index in [0.29, 0.717) is 40.0 Å². The van der Waals surface area contributed by atoms with Crippen LogP contribution in [0.5, 0.6) is 0 Å². The molecule has 2 aromatic carbocycles. The van der Waals surface area contributed by atoms with E-state index in [4.69, 9.17) is 46.4 Å². The minimum absolute atomic E-state index is 0.129. The first-order valence-electron chi connectivity index (χ1n) is 17.4. The van der Waals surface area contributed by atoms with Gasteiger partial charge in [0.05, 0.1) is 50.6 Å². The molecule has 6 rings (SSSR count). The van der Waals surface area contributed by atoms with Crippen LogP contribution < -0.4 is 11.4 Å². The van der Waals surface area contributed by atoms with Gasteiger partial charge in [0.2, 0.25) is 0 Å². The Labute approximate surface area is 413 Å². The topological polar surface area (TPSA) is 90.5 Å². The highest BCUT2D eigenvalue weighted by atomic mass is 127. The van der Waals surface area contributed by atoms with Gasteiger partial charge in [-0.1, -0.05) is 119 Å². The maximum Gasteiger partial charge on any atom is 0.419 e. The van der Waals surface area contributed by atoms with Gasteiger partial charge in [0.25, 0.3) is 0 Å². The van der Waals surface area contributed by atoms with Crippen molar-refractivity contribution < 1.29 is 35.1 Å². The highest BCUT2D eigenvalue weighted by Crippen LogP contribution is 2.35. The number of hydrogen-bond acceptors (Lipinski definition) is 4. The molecule has 0 aliphatic heterocycles. The molecule has 62 heavy (non-hydrogen) atoms. The number of halogens is 15. The summed E-state index contributed by atoms with van der Waals surface area (Å²) in [5.74, 6) is -2.83. The summed E-state index contributed by atoms with van der Waals surface area (Å²) in [4.78, 5) is 36.9. The van der Waals surface area contributed by atoms with E-state index >= 15 is 0 Å². The minimum atomic E-state index is -4.88. The molecule has 0 aliphatic carbocycles. The maximum absolute atomic E-state index is 13.5. The summed E-state index contributed by atoms with van der Waals surface area (Å²) < 4.78 is 110. The number of pyridine rings is 2. The molecule has 0 fully saturated rings. The fourth-order valence-corrected chi connectivity index (χ4v) is 4.95. The fourth-order valence-electron chi connectivity index (χ4n) is 4.63. The van der Waals surface area contributed by atoms with E-state index < -0.39 is 46.5 Å². The largest absolute Gasteiger partial charge is 0.419 e. The molecule has 0 radical (unpaired) electrons. The number of aromatic nitrogens is 6. The van der Waals surface area contributed by atoms with Gasteiger partial charge < -0.3 is 9.55 Å². The molecule has 4 aromatic heterocycles. The van der Waals surface area contributed by atoms with Crippen molar-refractivity contribution >= 4 is 114 Å². The number of hydrogen-bond donors (Lipinski definition) is 1. The number of nitrogens with one attached hydrogen (secondary N) is 1. The summed E-state index contributed by atoms with van der Waals surface area (Å²) in [5, 5.41) is 0.887. The SMILES string of the molecule is CC.CCI.CCI.CI.ClCCl.Cn1cc(-c2cc(Cl)ccn2)n(-c2ccc(F)c(C(F)(F)F)c2)c1=O.O=c1[nH]cc(-c2cc(Cl)ccn2)n1-c1ccc(F)c(C(F)(F)F)c1. The Kier molecular flexibility index (Phi) is 28.7. The lowest BCUT2D eigenvalue weighted by Crippen LogP contribution is -2.22. The van der Waals surface area contributed by atoms with E-state index in [2.05, 4.69) is 96.6 Å². The molecule has 0 atom stereocenters. The van der Waals surface area contributed by atoms with Gasteiger partial charge in [0, 0.05) is 41.9 Å². The molecular formula is C39H39Cl4F8I3N6O2. The molecule has 0 aliphatic rings. The number of imidazole rings is 2. The third-order valence-corrected chi connectivity index (χ3v) is 7.29. The second-order valence-electron chi connectivity index (χ2n) is 10.7. The molecule has 0 amide bonds. The summed E-state index contributed by atoms with van der Waals surface area (Å²) in [6, 6.07) is 10.6. The molecule has 0 saturated carbocycles. The van der Waals surface area contributed by atoms with Gasteiger partial charge in [-0.15, -0.1) is 23.2 Å². The van der Waals surface area contributed by atoms with Gasteiger partial charge in [-0.3, -0.25) is 19.1 Å². The number of benzene rings is 2. The zero-order valence-electron chi connectivity index (χ0n) is 33.4. The molecule has 0 spiro atoms. The first kappa shape index (κ1) is 59.6. The lowest BCUT2D eigenvalue weighted by atomic mass is 10.1. The van der Waals surface area contributed by atoms with Crippen molar-refractivity contribution in [3.8, 4) is 34.2 Å². The van der Waals surface area contributed by atoms with Gasteiger partial charge >= 0.3 is 23.7 Å². The van der Waals surface area contributed by atoms with E-state index in [9.17, 15) is 44.7 Å². The van der Waals surface area contributed by atoms with Crippen molar-refractivity contribution in [2.24, 2.45) is 7.05 Å². The van der Waals surface area contributed by atoms with E-state index in [1.165, 1.54) is 69.5 Å². The first-order valence-corrected chi connectivity index (χ1v) is 24.4. The Morgan fingerprint density at radius 3 is 1.42 bits per heavy atom. The molecule has 0 bridgehead atoms. The average Bonchev–Trinajstić information content (AvgIpc) is 3.75. The Morgan fingerprint density at radius 1 is 0.677 bits per heavy atom. The summed E-state index contributed by atoms with van der Waals surface area (Å²) in [7, 11) is 1.45. The van der Waals surface area contributed by atoms with Crippen LogP contribution in [0.25, 0.3) is 34.2 Å². The van der Waals surface area contributed by atoms with E-state index in [1.54, 1.807) is 0 Å². The van der Waals surface area contributed by atoms with Gasteiger partial charge in [0.1, 0.15) is 11.6 Å². The van der Waals surface area contributed by atoms with Crippen LogP contribution in [0, 0.1) is 11.6 Å². The molecule has 8 nitrogen and oxygen atoms in total. The number of aromatic amines is 1. The van der Waals surface area contributed by atoms with Crippen LogP contribution in [0.3, 0.4) is 0 Å². The van der Waals surface area contributed by atoms with Gasteiger partial charge in [-0.05, 0) is 74.4 Å². The minimum Gasteiger partial charge on any atom is -0.312 e. The first-order chi connectivity index (χ1) is 29.2. The predicted octanol–water partition coefficient (Wildman–Crippen LogP) is 14.5. The van der Waals surface area contributed by atoms with Crippen molar-refractivity contribution in [2.45, 2.75) is 40.0 Å². The van der Waals surface area contributed by atoms with Crippen molar-refractivity contribution in [3.63, 3.8) is 0 Å². The molecule has 0 unspecified atom stereocenters. The summed E-state index contributed by atoms with van der Waals surface area (Å²) >= 11 is 28.0. The highest BCUT2D eigenvalue weighted by Gasteiger charge is 2.35. The quantitative estimate of drug-likeness (QED) is 0.108. The number of aryl methyl sites for hydroxylation is 1. The van der Waals surface area contributed by atoms with Crippen LogP contribution in [-0.2, 0) is 19.4 Å². The second kappa shape index (κ2) is 29.9. The molecule has 0 saturated heterocycles. The van der Waals surface area contributed by atoms with Crippen LogP contribution in [-0.4, -0.2) is 47.8 Å². The van der Waals surface area contributed by atoms with Crippen LogP contribution in [0.4, 0.5) is 35.1 Å². The normalized spacial score (nSPS) is 10.3. The average molecular weight is 1300 g/mol. The van der Waals surface area contributed by atoms with Crippen molar-refractivity contribution in [1.29, 1.82) is 0 Å². The summed E-state index contributed by atoms with van der Waals surface area (Å²) in [6.45, 7) is 8.22. The Balaban J connectivity index is 0.000000945. The van der Waals surface area contributed by atoms with Crippen molar-refractivity contribution in [1.82, 2.24) is 28.7 Å². The van der Waals surface area contributed by atoms with E-state index in [1.807, 2.05) is 18.8 Å². The Bertz CT molecular complexity index is 2370. The smallest absolute Gasteiger partial charge is 0.312 e.